The van der Waals surface area contributed by atoms with E-state index in [9.17, 15) is 4.79 Å². The van der Waals surface area contributed by atoms with Crippen molar-refractivity contribution >= 4 is 5.91 Å². The Morgan fingerprint density at radius 3 is 2.70 bits per heavy atom. The molecule has 4 heteroatoms. The Morgan fingerprint density at radius 2 is 1.97 bits per heavy atom. The van der Waals surface area contributed by atoms with Gasteiger partial charge in [-0.2, -0.15) is 0 Å². The van der Waals surface area contributed by atoms with Crippen LogP contribution in [-0.4, -0.2) is 37.7 Å². The van der Waals surface area contributed by atoms with Gasteiger partial charge in [0.1, 0.15) is 0 Å². The van der Waals surface area contributed by atoms with E-state index in [2.05, 4.69) is 47.9 Å². The molecule has 5 unspecified atom stereocenters. The predicted octanol–water partition coefficient (Wildman–Crippen LogP) is 3.80. The second kappa shape index (κ2) is 6.80. The highest BCUT2D eigenvalue weighted by molar-refractivity contribution is 5.84. The van der Waals surface area contributed by atoms with E-state index in [0.717, 1.165) is 51.4 Å². The fraction of sp³-hybridized carbons (Fsp3) is 0.731. The number of piperidine rings is 1. The quantitative estimate of drug-likeness (QED) is 0.753. The Bertz CT molecular complexity index is 828. The number of hydrogen-bond acceptors (Lipinski definition) is 3. The number of amides is 1. The van der Waals surface area contributed by atoms with Crippen LogP contribution >= 0.6 is 0 Å². The smallest absolute Gasteiger partial charge is 0.226 e. The van der Waals surface area contributed by atoms with Crippen molar-refractivity contribution in [2.24, 2.45) is 22.7 Å². The van der Waals surface area contributed by atoms with Crippen molar-refractivity contribution in [3.8, 4) is 0 Å². The molecule has 1 aromatic carbocycles. The van der Waals surface area contributed by atoms with Crippen molar-refractivity contribution in [3.63, 3.8) is 0 Å². The number of rotatable bonds is 6. The normalized spacial score (nSPS) is 45.8. The molecule has 7 rings (SSSR count). The Morgan fingerprint density at radius 1 is 1.10 bits per heavy atom. The third kappa shape index (κ3) is 2.90. The Kier molecular flexibility index (Phi) is 4.38. The lowest BCUT2D eigenvalue weighted by molar-refractivity contribution is -0.172. The lowest BCUT2D eigenvalue weighted by Gasteiger charge is -2.66. The van der Waals surface area contributed by atoms with Gasteiger partial charge in [0.15, 0.2) is 0 Å². The molecule has 6 fully saturated rings. The van der Waals surface area contributed by atoms with E-state index in [1.165, 1.54) is 31.2 Å². The fourth-order valence-electron chi connectivity index (χ4n) is 8.82. The van der Waals surface area contributed by atoms with Gasteiger partial charge in [-0.05, 0) is 93.1 Å². The summed E-state index contributed by atoms with van der Waals surface area (Å²) in [6.07, 6.45) is 9.20. The maximum absolute atomic E-state index is 13.9. The molecule has 1 heterocycles. The molecule has 0 spiro atoms. The Hall–Kier alpha value is -1.39. The average Bonchev–Trinajstić information content (AvgIpc) is 3.35. The third-order valence-corrected chi connectivity index (χ3v) is 9.31. The molecule has 0 radical (unpaired) electrons. The molecular formula is C26H36N2O2. The lowest BCUT2D eigenvalue weighted by Crippen LogP contribution is -2.65. The van der Waals surface area contributed by atoms with Crippen LogP contribution in [-0.2, 0) is 14.9 Å². The van der Waals surface area contributed by atoms with Gasteiger partial charge in [0, 0.05) is 18.7 Å². The zero-order chi connectivity index (χ0) is 20.4. The first-order valence-corrected chi connectivity index (χ1v) is 12.2. The monoisotopic (exact) mass is 408 g/mol. The van der Waals surface area contributed by atoms with Crippen LogP contribution in [0.4, 0.5) is 0 Å². The minimum absolute atomic E-state index is 0.141. The standard InChI is InChI=1S/C26H36N2O2/c1-2-30-17-24-10-19-11-25(14-24,20-6-4-3-5-7-20)16-26(12-19,15-24)23(29)28-22-9-18-8-21(22)27-13-18/h3-7,18-19,21-22,27H,2,8-17H2,1H3,(H,28,29)/t18?,19?,21?,22?,24-,25+,26?/m1/s1. The predicted molar refractivity (Wildman–Crippen MR) is 117 cm³/mol. The molecule has 1 aliphatic heterocycles. The molecule has 1 saturated heterocycles. The maximum atomic E-state index is 13.9. The number of hydrogen-bond donors (Lipinski definition) is 2. The van der Waals surface area contributed by atoms with Crippen molar-refractivity contribution in [1.82, 2.24) is 10.6 Å². The van der Waals surface area contributed by atoms with E-state index >= 15 is 0 Å². The van der Waals surface area contributed by atoms with E-state index in [-0.39, 0.29) is 16.2 Å². The third-order valence-electron chi connectivity index (χ3n) is 9.31. The topological polar surface area (TPSA) is 50.4 Å². The molecule has 4 nitrogen and oxygen atoms in total. The van der Waals surface area contributed by atoms with Gasteiger partial charge in [0.25, 0.3) is 0 Å². The molecule has 1 amide bonds. The number of fused-ring (bicyclic) bond motifs is 2. The highest BCUT2D eigenvalue weighted by Crippen LogP contribution is 2.70. The van der Waals surface area contributed by atoms with Crippen molar-refractivity contribution < 1.29 is 9.53 Å². The molecule has 6 aliphatic rings. The second-order valence-corrected chi connectivity index (χ2v) is 11.5. The lowest BCUT2D eigenvalue weighted by atomic mass is 9.38. The molecule has 2 N–H and O–H groups in total. The molecule has 5 aliphatic carbocycles. The highest BCUT2D eigenvalue weighted by Gasteiger charge is 2.66. The minimum Gasteiger partial charge on any atom is -0.381 e. The van der Waals surface area contributed by atoms with Crippen LogP contribution in [0.3, 0.4) is 0 Å². The van der Waals surface area contributed by atoms with Gasteiger partial charge in [-0.3, -0.25) is 4.79 Å². The van der Waals surface area contributed by atoms with Crippen LogP contribution in [0.2, 0.25) is 0 Å². The maximum Gasteiger partial charge on any atom is 0.226 e. The molecule has 6 bridgehead atoms. The van der Waals surface area contributed by atoms with Gasteiger partial charge >= 0.3 is 0 Å². The van der Waals surface area contributed by atoms with Crippen LogP contribution in [0.15, 0.2) is 30.3 Å². The summed E-state index contributed by atoms with van der Waals surface area (Å²) in [5.74, 6) is 1.76. The van der Waals surface area contributed by atoms with E-state index in [4.69, 9.17) is 4.74 Å². The SMILES string of the molecule is CCOC[C@@]12CC3CC(C(=O)NC4CC5CNC4C5)(C1)C[C@](c1ccccc1)(C3)C2. The summed E-state index contributed by atoms with van der Waals surface area (Å²) in [6.45, 7) is 4.82. The Balaban J connectivity index is 1.33. The highest BCUT2D eigenvalue weighted by atomic mass is 16.5. The number of benzene rings is 1. The summed E-state index contributed by atoms with van der Waals surface area (Å²) in [4.78, 5) is 13.9. The first-order chi connectivity index (χ1) is 14.5. The molecule has 1 aromatic rings. The van der Waals surface area contributed by atoms with E-state index in [0.29, 0.717) is 23.9 Å². The van der Waals surface area contributed by atoms with Crippen molar-refractivity contribution in [2.45, 2.75) is 75.8 Å². The first kappa shape index (κ1) is 19.3. The summed E-state index contributed by atoms with van der Waals surface area (Å²) in [5.41, 5.74) is 1.54. The zero-order valence-corrected chi connectivity index (χ0v) is 18.3. The number of ether oxygens (including phenoxy) is 1. The van der Waals surface area contributed by atoms with Crippen LogP contribution in [0.1, 0.15) is 63.9 Å². The summed E-state index contributed by atoms with van der Waals surface area (Å²) in [5, 5.41) is 7.19. The molecule has 5 saturated carbocycles. The van der Waals surface area contributed by atoms with Gasteiger partial charge in [-0.1, -0.05) is 30.3 Å². The first-order valence-electron chi connectivity index (χ1n) is 12.2. The summed E-state index contributed by atoms with van der Waals surface area (Å²) in [6, 6.07) is 11.9. The van der Waals surface area contributed by atoms with Crippen molar-refractivity contribution in [1.29, 1.82) is 0 Å². The fourth-order valence-corrected chi connectivity index (χ4v) is 8.82. The number of nitrogens with one attached hydrogen (secondary N) is 2. The second-order valence-electron chi connectivity index (χ2n) is 11.5. The number of carbonyl (C=O) groups excluding carboxylic acids is 1. The molecule has 7 atom stereocenters. The molecule has 162 valence electrons. The molecule has 0 aromatic heterocycles. The number of carbonyl (C=O) groups is 1. The Labute approximate surface area is 180 Å². The van der Waals surface area contributed by atoms with Gasteiger partial charge in [0.2, 0.25) is 5.91 Å². The van der Waals surface area contributed by atoms with E-state index in [1.54, 1.807) is 0 Å². The van der Waals surface area contributed by atoms with Gasteiger partial charge in [0.05, 0.1) is 12.0 Å². The van der Waals surface area contributed by atoms with Crippen LogP contribution < -0.4 is 10.6 Å². The van der Waals surface area contributed by atoms with Crippen LogP contribution in [0.5, 0.6) is 0 Å². The van der Waals surface area contributed by atoms with Gasteiger partial charge < -0.3 is 15.4 Å². The summed E-state index contributed by atoms with van der Waals surface area (Å²) >= 11 is 0. The largest absolute Gasteiger partial charge is 0.381 e. The zero-order valence-electron chi connectivity index (χ0n) is 18.3. The van der Waals surface area contributed by atoms with Crippen LogP contribution in [0, 0.1) is 22.7 Å². The van der Waals surface area contributed by atoms with Gasteiger partial charge in [-0.15, -0.1) is 0 Å². The average molecular weight is 409 g/mol. The van der Waals surface area contributed by atoms with Crippen molar-refractivity contribution in [2.75, 3.05) is 19.8 Å². The summed E-state index contributed by atoms with van der Waals surface area (Å²) in [7, 11) is 0. The molecular weight excluding hydrogens is 372 g/mol. The van der Waals surface area contributed by atoms with Gasteiger partial charge in [-0.25, -0.2) is 0 Å². The van der Waals surface area contributed by atoms with Crippen LogP contribution in [0.25, 0.3) is 0 Å². The van der Waals surface area contributed by atoms with Crippen molar-refractivity contribution in [3.05, 3.63) is 35.9 Å². The van der Waals surface area contributed by atoms with E-state index < -0.39 is 0 Å². The minimum atomic E-state index is -0.214. The summed E-state index contributed by atoms with van der Waals surface area (Å²) < 4.78 is 6.06. The van der Waals surface area contributed by atoms with E-state index in [1.807, 2.05) is 0 Å². The molecule has 30 heavy (non-hydrogen) atoms.